The van der Waals surface area contributed by atoms with Crippen LogP contribution >= 0.6 is 12.4 Å². The lowest BCUT2D eigenvalue weighted by molar-refractivity contribution is -0.116. The van der Waals surface area contributed by atoms with Gasteiger partial charge in [-0.25, -0.2) is 4.98 Å². The summed E-state index contributed by atoms with van der Waals surface area (Å²) >= 11 is 0. The molecular formula is C19H31ClN4O. The Kier molecular flexibility index (Phi) is 10.0. The van der Waals surface area contributed by atoms with Gasteiger partial charge in [0.25, 0.3) is 0 Å². The molecule has 1 aromatic carbocycles. The first-order chi connectivity index (χ1) is 11.7. The number of anilines is 2. The van der Waals surface area contributed by atoms with Gasteiger partial charge in [-0.1, -0.05) is 58.3 Å². The number of nitrogens with zero attached hydrogens (tertiary/aromatic N) is 1. The third-order valence-electron chi connectivity index (χ3n) is 4.29. The molecule has 0 bridgehead atoms. The van der Waals surface area contributed by atoms with Crippen LogP contribution in [-0.2, 0) is 4.79 Å². The van der Waals surface area contributed by atoms with Crippen LogP contribution < -0.4 is 11.1 Å². The van der Waals surface area contributed by atoms with Gasteiger partial charge in [0.2, 0.25) is 5.91 Å². The molecule has 2 aromatic rings. The quantitative estimate of drug-likeness (QED) is 0.464. The zero-order chi connectivity index (χ0) is 17.2. The molecule has 6 heteroatoms. The maximum absolute atomic E-state index is 12.0. The van der Waals surface area contributed by atoms with Gasteiger partial charge in [-0.05, 0) is 24.6 Å². The van der Waals surface area contributed by atoms with Gasteiger partial charge in [-0.15, -0.1) is 12.4 Å². The zero-order valence-electron chi connectivity index (χ0n) is 15.1. The summed E-state index contributed by atoms with van der Waals surface area (Å²) in [7, 11) is 0. The summed E-state index contributed by atoms with van der Waals surface area (Å²) in [5.41, 5.74) is 8.06. The number of carbonyl (C=O) groups is 1. The van der Waals surface area contributed by atoms with E-state index in [1.54, 1.807) is 0 Å². The van der Waals surface area contributed by atoms with Crippen molar-refractivity contribution < 1.29 is 4.79 Å². The van der Waals surface area contributed by atoms with E-state index in [4.69, 9.17) is 5.73 Å². The highest BCUT2D eigenvalue weighted by atomic mass is 35.5. The molecule has 0 saturated carbocycles. The van der Waals surface area contributed by atoms with Crippen LogP contribution in [0.25, 0.3) is 11.0 Å². The summed E-state index contributed by atoms with van der Waals surface area (Å²) in [4.78, 5) is 19.1. The molecule has 0 radical (unpaired) electrons. The van der Waals surface area contributed by atoms with Crippen LogP contribution in [0.15, 0.2) is 18.2 Å². The smallest absolute Gasteiger partial charge is 0.224 e. The predicted octanol–water partition coefficient (Wildman–Crippen LogP) is 5.43. The molecule has 2 rings (SSSR count). The minimum Gasteiger partial charge on any atom is -0.369 e. The molecule has 25 heavy (non-hydrogen) atoms. The van der Waals surface area contributed by atoms with Gasteiger partial charge in [-0.2, -0.15) is 0 Å². The summed E-state index contributed by atoms with van der Waals surface area (Å²) in [5.74, 6) is 0.466. The monoisotopic (exact) mass is 366 g/mol. The number of aromatic nitrogens is 2. The highest BCUT2D eigenvalue weighted by molar-refractivity contribution is 5.93. The molecule has 4 N–H and O–H groups in total. The van der Waals surface area contributed by atoms with E-state index >= 15 is 0 Å². The van der Waals surface area contributed by atoms with Crippen LogP contribution in [0.2, 0.25) is 0 Å². The minimum absolute atomic E-state index is 0. The summed E-state index contributed by atoms with van der Waals surface area (Å²) in [6.07, 6.45) is 11.9. The number of halogens is 1. The standard InChI is InChI=1S/C19H30N4O.ClH/c1-2-3-4-5-6-7-8-9-10-11-18(24)21-15-12-13-16-17(14-15)23-19(20)22-16;/h12-14H,2-11H2,1H3,(H,21,24)(H3,20,22,23);1H. The number of imidazole rings is 1. The summed E-state index contributed by atoms with van der Waals surface area (Å²) < 4.78 is 0. The molecule has 0 atom stereocenters. The number of nitrogens with two attached hydrogens (primary N) is 1. The first kappa shape index (κ1) is 21.3. The second-order valence-electron chi connectivity index (χ2n) is 6.48. The number of hydrogen-bond donors (Lipinski definition) is 3. The van der Waals surface area contributed by atoms with E-state index in [9.17, 15) is 4.79 Å². The fourth-order valence-electron chi connectivity index (χ4n) is 2.93. The number of fused-ring (bicyclic) bond motifs is 1. The Morgan fingerprint density at radius 1 is 1.08 bits per heavy atom. The van der Waals surface area contributed by atoms with Crippen molar-refractivity contribution in [3.05, 3.63) is 18.2 Å². The lowest BCUT2D eigenvalue weighted by Gasteiger charge is -2.05. The average molecular weight is 367 g/mol. The molecule has 0 unspecified atom stereocenters. The van der Waals surface area contributed by atoms with Crippen molar-refractivity contribution in [1.29, 1.82) is 0 Å². The number of aromatic amines is 1. The van der Waals surface area contributed by atoms with Gasteiger partial charge in [0.1, 0.15) is 0 Å². The topological polar surface area (TPSA) is 83.8 Å². The number of hydrogen-bond acceptors (Lipinski definition) is 3. The first-order valence-electron chi connectivity index (χ1n) is 9.24. The normalized spacial score (nSPS) is 10.6. The van der Waals surface area contributed by atoms with E-state index in [2.05, 4.69) is 22.2 Å². The van der Waals surface area contributed by atoms with Gasteiger partial charge >= 0.3 is 0 Å². The Labute approximate surface area is 156 Å². The maximum Gasteiger partial charge on any atom is 0.224 e. The number of carbonyl (C=O) groups excluding carboxylic acids is 1. The Morgan fingerprint density at radius 3 is 2.40 bits per heavy atom. The summed E-state index contributed by atoms with van der Waals surface area (Å²) in [6.45, 7) is 2.24. The van der Waals surface area contributed by atoms with Crippen LogP contribution in [-0.4, -0.2) is 15.9 Å². The van der Waals surface area contributed by atoms with E-state index in [0.717, 1.165) is 29.6 Å². The van der Waals surface area contributed by atoms with Crippen LogP contribution in [0.4, 0.5) is 11.6 Å². The van der Waals surface area contributed by atoms with Gasteiger partial charge in [-0.3, -0.25) is 4.79 Å². The number of benzene rings is 1. The van der Waals surface area contributed by atoms with Crippen molar-refractivity contribution in [2.45, 2.75) is 71.1 Å². The molecule has 0 aliphatic carbocycles. The summed E-state index contributed by atoms with van der Waals surface area (Å²) in [6, 6.07) is 5.58. The van der Waals surface area contributed by atoms with Crippen molar-refractivity contribution >= 4 is 41.0 Å². The van der Waals surface area contributed by atoms with E-state index in [1.807, 2.05) is 18.2 Å². The molecule has 0 fully saturated rings. The third kappa shape index (κ3) is 7.78. The minimum atomic E-state index is 0. The fourth-order valence-corrected chi connectivity index (χ4v) is 2.93. The number of rotatable bonds is 11. The Balaban J connectivity index is 0.00000312. The van der Waals surface area contributed by atoms with Crippen molar-refractivity contribution in [3.8, 4) is 0 Å². The fraction of sp³-hybridized carbons (Fsp3) is 0.579. The largest absolute Gasteiger partial charge is 0.369 e. The maximum atomic E-state index is 12.0. The van der Waals surface area contributed by atoms with E-state index in [0.29, 0.717) is 12.4 Å². The van der Waals surface area contributed by atoms with Crippen molar-refractivity contribution in [2.75, 3.05) is 11.1 Å². The van der Waals surface area contributed by atoms with Crippen molar-refractivity contribution in [3.63, 3.8) is 0 Å². The lowest BCUT2D eigenvalue weighted by Crippen LogP contribution is -2.10. The molecule has 0 aliphatic rings. The van der Waals surface area contributed by atoms with E-state index < -0.39 is 0 Å². The Hall–Kier alpha value is -1.75. The zero-order valence-corrected chi connectivity index (χ0v) is 16.0. The van der Waals surface area contributed by atoms with Crippen LogP contribution in [0.5, 0.6) is 0 Å². The second kappa shape index (κ2) is 11.7. The van der Waals surface area contributed by atoms with Gasteiger partial charge in [0.15, 0.2) is 5.95 Å². The van der Waals surface area contributed by atoms with Crippen molar-refractivity contribution in [1.82, 2.24) is 9.97 Å². The van der Waals surface area contributed by atoms with Crippen LogP contribution in [0.3, 0.4) is 0 Å². The van der Waals surface area contributed by atoms with Crippen molar-refractivity contribution in [2.24, 2.45) is 0 Å². The average Bonchev–Trinajstić information content (AvgIpc) is 2.92. The highest BCUT2D eigenvalue weighted by Gasteiger charge is 2.05. The van der Waals surface area contributed by atoms with Gasteiger partial charge in [0.05, 0.1) is 11.0 Å². The number of nitrogen functional groups attached to an aromatic ring is 1. The lowest BCUT2D eigenvalue weighted by atomic mass is 10.1. The van der Waals surface area contributed by atoms with E-state index in [1.165, 1.54) is 44.9 Å². The van der Waals surface area contributed by atoms with Gasteiger partial charge < -0.3 is 16.0 Å². The molecule has 1 heterocycles. The molecule has 1 aromatic heterocycles. The molecule has 1 amide bonds. The molecule has 140 valence electrons. The predicted molar refractivity (Wildman–Crippen MR) is 108 cm³/mol. The SMILES string of the molecule is CCCCCCCCCCCC(=O)Nc1ccc2nc(N)[nH]c2c1.Cl. The Bertz CT molecular complexity index is 641. The molecule has 0 spiro atoms. The first-order valence-corrected chi connectivity index (χ1v) is 9.24. The van der Waals surface area contributed by atoms with Crippen LogP contribution in [0.1, 0.15) is 71.1 Å². The highest BCUT2D eigenvalue weighted by Crippen LogP contribution is 2.18. The number of H-pyrrole nitrogens is 1. The third-order valence-corrected chi connectivity index (χ3v) is 4.29. The molecule has 0 saturated heterocycles. The van der Waals surface area contributed by atoms with E-state index in [-0.39, 0.29) is 18.3 Å². The number of amides is 1. The molecular weight excluding hydrogens is 336 g/mol. The second-order valence-corrected chi connectivity index (χ2v) is 6.48. The van der Waals surface area contributed by atoms with Crippen LogP contribution in [0, 0.1) is 0 Å². The van der Waals surface area contributed by atoms with Gasteiger partial charge in [0, 0.05) is 12.1 Å². The molecule has 0 aliphatic heterocycles. The molecule has 5 nitrogen and oxygen atoms in total. The number of nitrogens with one attached hydrogen (secondary N) is 2. The Morgan fingerprint density at radius 2 is 1.72 bits per heavy atom. The summed E-state index contributed by atoms with van der Waals surface area (Å²) in [5, 5.41) is 2.94. The number of unbranched alkanes of at least 4 members (excludes halogenated alkanes) is 8.